The van der Waals surface area contributed by atoms with Gasteiger partial charge < -0.3 is 14.9 Å². The first kappa shape index (κ1) is 18.2. The number of carbonyl (C=O) groups is 1. The number of hydrogen-bond donors (Lipinski definition) is 1. The first-order chi connectivity index (χ1) is 11.7. The minimum atomic E-state index is -2.92. The van der Waals surface area contributed by atoms with E-state index >= 15 is 0 Å². The number of carbonyl (C=O) groups excluding carboxylic acids is 1. The molecule has 3 rings (SSSR count). The predicted octanol–water partition coefficient (Wildman–Crippen LogP) is 1.15. The van der Waals surface area contributed by atoms with Crippen molar-refractivity contribution in [3.63, 3.8) is 0 Å². The summed E-state index contributed by atoms with van der Waals surface area (Å²) in [5, 5.41) is 10.3. The summed E-state index contributed by atoms with van der Waals surface area (Å²) in [4.78, 5) is 16.6. The third-order valence-corrected chi connectivity index (χ3v) is 7.14. The molecule has 6 nitrogen and oxygen atoms in total. The average molecular weight is 366 g/mol. The number of nitrogens with zero attached hydrogens (tertiary/aromatic N) is 2. The molecule has 2 atom stereocenters. The van der Waals surface area contributed by atoms with Crippen molar-refractivity contribution in [2.24, 2.45) is 5.92 Å². The van der Waals surface area contributed by atoms with Crippen LogP contribution in [0.4, 0.5) is 5.69 Å². The molecule has 0 saturated carbocycles. The van der Waals surface area contributed by atoms with Crippen molar-refractivity contribution in [1.82, 2.24) is 4.90 Å². The van der Waals surface area contributed by atoms with Crippen LogP contribution in [0.25, 0.3) is 0 Å². The molecule has 138 valence electrons. The minimum absolute atomic E-state index is 0.0284. The lowest BCUT2D eigenvalue weighted by Crippen LogP contribution is -2.50. The van der Waals surface area contributed by atoms with E-state index in [1.165, 1.54) is 0 Å². The molecule has 1 aromatic carbocycles. The zero-order valence-electron chi connectivity index (χ0n) is 14.8. The van der Waals surface area contributed by atoms with Gasteiger partial charge in [-0.2, -0.15) is 0 Å². The number of piperidine rings is 1. The van der Waals surface area contributed by atoms with Crippen LogP contribution in [0, 0.1) is 5.92 Å². The van der Waals surface area contributed by atoms with Crippen LogP contribution in [-0.4, -0.2) is 67.6 Å². The summed E-state index contributed by atoms with van der Waals surface area (Å²) in [6, 6.07) is 7.40. The molecule has 1 amide bonds. The lowest BCUT2D eigenvalue weighted by atomic mass is 9.84. The second-order valence-corrected chi connectivity index (χ2v) is 9.75. The van der Waals surface area contributed by atoms with Gasteiger partial charge in [0.2, 0.25) is 0 Å². The Kier molecular flexibility index (Phi) is 4.81. The molecular formula is C18H26N2O4S. The molecule has 1 N–H and O–H groups in total. The minimum Gasteiger partial charge on any atom is -0.390 e. The second-order valence-electron chi connectivity index (χ2n) is 7.45. The maximum atomic E-state index is 12.8. The Hall–Kier alpha value is -1.60. The molecule has 0 aliphatic carbocycles. The molecular weight excluding hydrogens is 340 g/mol. The van der Waals surface area contributed by atoms with E-state index in [4.69, 9.17) is 0 Å². The Morgan fingerprint density at radius 3 is 2.56 bits per heavy atom. The smallest absolute Gasteiger partial charge is 0.253 e. The Labute approximate surface area is 149 Å². The maximum absolute atomic E-state index is 12.8. The molecule has 0 bridgehead atoms. The Balaban J connectivity index is 1.72. The fraction of sp³-hybridized carbons (Fsp3) is 0.611. The molecule has 2 aliphatic heterocycles. The topological polar surface area (TPSA) is 77.9 Å². The molecule has 2 aliphatic rings. The van der Waals surface area contributed by atoms with Gasteiger partial charge in [-0.25, -0.2) is 8.42 Å². The van der Waals surface area contributed by atoms with Gasteiger partial charge in [0.1, 0.15) is 0 Å². The number of amides is 1. The molecule has 0 spiro atoms. The van der Waals surface area contributed by atoms with Gasteiger partial charge in [-0.3, -0.25) is 4.79 Å². The molecule has 0 radical (unpaired) electrons. The summed E-state index contributed by atoms with van der Waals surface area (Å²) in [6.45, 7) is 5.79. The van der Waals surface area contributed by atoms with Gasteiger partial charge in [-0.15, -0.1) is 0 Å². The van der Waals surface area contributed by atoms with Crippen LogP contribution in [-0.2, 0) is 9.84 Å². The van der Waals surface area contributed by atoms with Gasteiger partial charge in [-0.1, -0.05) is 13.0 Å². The SMILES string of the molecule is C[C@@H]1CN(C(=O)c2cccc(N3CCS(=O)(=O)CC3)c2)CC[C@]1(C)O. The highest BCUT2D eigenvalue weighted by Crippen LogP contribution is 2.28. The van der Waals surface area contributed by atoms with E-state index in [0.29, 0.717) is 38.2 Å². The number of hydrogen-bond acceptors (Lipinski definition) is 5. The fourth-order valence-electron chi connectivity index (χ4n) is 3.40. The normalized spacial score (nSPS) is 29.5. The van der Waals surface area contributed by atoms with Crippen molar-refractivity contribution >= 4 is 21.4 Å². The summed E-state index contributed by atoms with van der Waals surface area (Å²) in [5.74, 6) is 0.308. The van der Waals surface area contributed by atoms with Crippen LogP contribution in [0.15, 0.2) is 24.3 Å². The van der Waals surface area contributed by atoms with Crippen molar-refractivity contribution in [2.75, 3.05) is 42.6 Å². The van der Waals surface area contributed by atoms with Crippen LogP contribution in [0.1, 0.15) is 30.6 Å². The van der Waals surface area contributed by atoms with Gasteiger partial charge in [0, 0.05) is 43.3 Å². The Morgan fingerprint density at radius 1 is 1.24 bits per heavy atom. The van der Waals surface area contributed by atoms with Crippen LogP contribution in [0.2, 0.25) is 0 Å². The molecule has 2 heterocycles. The Morgan fingerprint density at radius 2 is 1.92 bits per heavy atom. The highest BCUT2D eigenvalue weighted by atomic mass is 32.2. The molecule has 1 aromatic rings. The number of rotatable bonds is 2. The Bertz CT molecular complexity index is 746. The summed E-state index contributed by atoms with van der Waals surface area (Å²) >= 11 is 0. The first-order valence-electron chi connectivity index (χ1n) is 8.75. The van der Waals surface area contributed by atoms with Crippen LogP contribution >= 0.6 is 0 Å². The third-order valence-electron chi connectivity index (χ3n) is 5.53. The van der Waals surface area contributed by atoms with Crippen LogP contribution in [0.5, 0.6) is 0 Å². The number of anilines is 1. The quantitative estimate of drug-likeness (QED) is 0.850. The van der Waals surface area contributed by atoms with E-state index in [1.54, 1.807) is 11.0 Å². The lowest BCUT2D eigenvalue weighted by molar-refractivity contribution is -0.0439. The van der Waals surface area contributed by atoms with E-state index in [-0.39, 0.29) is 23.3 Å². The van der Waals surface area contributed by atoms with E-state index < -0.39 is 15.4 Å². The van der Waals surface area contributed by atoms with Gasteiger partial charge in [0.15, 0.2) is 9.84 Å². The van der Waals surface area contributed by atoms with Gasteiger partial charge >= 0.3 is 0 Å². The molecule has 25 heavy (non-hydrogen) atoms. The van der Waals surface area contributed by atoms with E-state index in [9.17, 15) is 18.3 Å². The van der Waals surface area contributed by atoms with Crippen molar-refractivity contribution < 1.29 is 18.3 Å². The van der Waals surface area contributed by atoms with Crippen molar-refractivity contribution in [1.29, 1.82) is 0 Å². The zero-order valence-corrected chi connectivity index (χ0v) is 15.6. The molecule has 7 heteroatoms. The van der Waals surface area contributed by atoms with Crippen molar-refractivity contribution in [3.05, 3.63) is 29.8 Å². The van der Waals surface area contributed by atoms with Crippen LogP contribution in [0.3, 0.4) is 0 Å². The average Bonchev–Trinajstić information content (AvgIpc) is 2.57. The van der Waals surface area contributed by atoms with Crippen LogP contribution < -0.4 is 4.90 Å². The first-order valence-corrected chi connectivity index (χ1v) is 10.6. The predicted molar refractivity (Wildman–Crippen MR) is 97.6 cm³/mol. The zero-order chi connectivity index (χ0) is 18.2. The maximum Gasteiger partial charge on any atom is 0.253 e. The monoisotopic (exact) mass is 366 g/mol. The molecule has 0 aromatic heterocycles. The standard InChI is InChI=1S/C18H26N2O4S/c1-14-13-20(7-6-18(14,2)22)17(21)15-4-3-5-16(12-15)19-8-10-25(23,24)11-9-19/h3-5,12,14,22H,6-11,13H2,1-2H3/t14-,18+/m1/s1. The number of sulfone groups is 1. The third kappa shape index (κ3) is 3.98. The van der Waals surface area contributed by atoms with E-state index in [0.717, 1.165) is 5.69 Å². The summed E-state index contributed by atoms with van der Waals surface area (Å²) < 4.78 is 23.2. The summed E-state index contributed by atoms with van der Waals surface area (Å²) in [6.07, 6.45) is 0.573. The molecule has 2 saturated heterocycles. The number of likely N-dealkylation sites (tertiary alicyclic amines) is 1. The van der Waals surface area contributed by atoms with Gasteiger partial charge in [0.25, 0.3) is 5.91 Å². The highest BCUT2D eigenvalue weighted by molar-refractivity contribution is 7.91. The van der Waals surface area contributed by atoms with Crippen molar-refractivity contribution in [3.8, 4) is 0 Å². The summed E-state index contributed by atoms with van der Waals surface area (Å²) in [5.41, 5.74) is 0.773. The van der Waals surface area contributed by atoms with E-state index in [2.05, 4.69) is 0 Å². The second kappa shape index (κ2) is 6.61. The van der Waals surface area contributed by atoms with Gasteiger partial charge in [-0.05, 0) is 31.5 Å². The van der Waals surface area contributed by atoms with Crippen molar-refractivity contribution in [2.45, 2.75) is 25.9 Å². The lowest BCUT2D eigenvalue weighted by Gasteiger charge is -2.41. The number of benzene rings is 1. The highest BCUT2D eigenvalue weighted by Gasteiger charge is 2.36. The molecule has 2 fully saturated rings. The molecule has 0 unspecified atom stereocenters. The fourth-order valence-corrected chi connectivity index (χ4v) is 4.60. The largest absolute Gasteiger partial charge is 0.390 e. The van der Waals surface area contributed by atoms with E-state index in [1.807, 2.05) is 36.9 Å². The number of aliphatic hydroxyl groups is 1. The summed E-state index contributed by atoms with van der Waals surface area (Å²) in [7, 11) is -2.92. The van der Waals surface area contributed by atoms with Gasteiger partial charge in [0.05, 0.1) is 17.1 Å².